The third-order valence-corrected chi connectivity index (χ3v) is 5.83. The minimum absolute atomic E-state index is 0.111. The summed E-state index contributed by atoms with van der Waals surface area (Å²) < 4.78 is 26.9. The molecule has 0 bridgehead atoms. The van der Waals surface area contributed by atoms with E-state index in [-0.39, 0.29) is 18.0 Å². The minimum atomic E-state index is -3.47. The molecule has 2 N–H and O–H groups in total. The first kappa shape index (κ1) is 17.9. The predicted molar refractivity (Wildman–Crippen MR) is 100 cm³/mol. The van der Waals surface area contributed by atoms with E-state index in [1.54, 1.807) is 48.5 Å². The summed E-state index contributed by atoms with van der Waals surface area (Å²) in [6, 6.07) is 13.4. The van der Waals surface area contributed by atoms with E-state index in [2.05, 4.69) is 9.71 Å². The van der Waals surface area contributed by atoms with Crippen molar-refractivity contribution >= 4 is 33.0 Å². The maximum atomic E-state index is 12.2. The smallest absolute Gasteiger partial charge is 0.216 e. The average molecular weight is 395 g/mol. The Bertz CT molecular complexity index is 952. The number of phenolic OH excluding ortho intramolecular Hbond substituents is 1. The molecular weight excluding hydrogens is 380 g/mol. The molecule has 25 heavy (non-hydrogen) atoms. The van der Waals surface area contributed by atoms with Crippen LogP contribution in [0.1, 0.15) is 10.6 Å². The quantitative estimate of drug-likeness (QED) is 0.666. The molecular formula is C17H15ClN2O3S2. The van der Waals surface area contributed by atoms with Crippen LogP contribution in [0.5, 0.6) is 5.75 Å². The number of nitrogens with one attached hydrogen (secondary N) is 1. The fourth-order valence-electron chi connectivity index (χ4n) is 2.18. The predicted octanol–water partition coefficient (Wildman–Crippen LogP) is 3.79. The highest BCUT2D eigenvalue weighted by molar-refractivity contribution is 7.88. The van der Waals surface area contributed by atoms with Crippen molar-refractivity contribution in [2.45, 2.75) is 12.3 Å². The van der Waals surface area contributed by atoms with Crippen LogP contribution in [0.25, 0.3) is 11.3 Å². The first-order chi connectivity index (χ1) is 11.9. The summed E-state index contributed by atoms with van der Waals surface area (Å²) in [6.45, 7) is 0.138. The lowest BCUT2D eigenvalue weighted by Gasteiger charge is -2.05. The Hall–Kier alpha value is -1.93. The molecule has 1 heterocycles. The number of thiazole rings is 1. The molecule has 0 saturated heterocycles. The molecule has 130 valence electrons. The van der Waals surface area contributed by atoms with E-state index >= 15 is 0 Å². The molecule has 0 saturated carbocycles. The van der Waals surface area contributed by atoms with Crippen LogP contribution in [0.15, 0.2) is 53.9 Å². The zero-order valence-corrected chi connectivity index (χ0v) is 15.4. The fourth-order valence-corrected chi connectivity index (χ4v) is 4.23. The summed E-state index contributed by atoms with van der Waals surface area (Å²) in [5.41, 5.74) is 2.28. The van der Waals surface area contributed by atoms with Crippen LogP contribution in [0, 0.1) is 0 Å². The van der Waals surface area contributed by atoms with Crippen LogP contribution >= 0.6 is 22.9 Å². The molecule has 3 aromatic rings. The average Bonchev–Trinajstić information content (AvgIpc) is 3.05. The van der Waals surface area contributed by atoms with Gasteiger partial charge in [-0.25, -0.2) is 18.1 Å². The van der Waals surface area contributed by atoms with Crippen molar-refractivity contribution in [3.63, 3.8) is 0 Å². The Labute approximate surface area is 155 Å². The Morgan fingerprint density at radius 2 is 1.76 bits per heavy atom. The van der Waals surface area contributed by atoms with Crippen LogP contribution in [0.3, 0.4) is 0 Å². The summed E-state index contributed by atoms with van der Waals surface area (Å²) >= 11 is 7.18. The van der Waals surface area contributed by atoms with Gasteiger partial charge in [-0.3, -0.25) is 0 Å². The minimum Gasteiger partial charge on any atom is -0.508 e. The largest absolute Gasteiger partial charge is 0.508 e. The van der Waals surface area contributed by atoms with E-state index in [1.165, 1.54) is 11.3 Å². The number of aromatic hydroxyl groups is 1. The fraction of sp³-hybridized carbons (Fsp3) is 0.118. The summed E-state index contributed by atoms with van der Waals surface area (Å²) in [6.07, 6.45) is 0. The van der Waals surface area contributed by atoms with E-state index in [0.29, 0.717) is 15.6 Å². The van der Waals surface area contributed by atoms with Crippen molar-refractivity contribution in [2.24, 2.45) is 0 Å². The van der Waals surface area contributed by atoms with Gasteiger partial charge < -0.3 is 5.11 Å². The van der Waals surface area contributed by atoms with E-state index in [0.717, 1.165) is 11.3 Å². The second-order valence-electron chi connectivity index (χ2n) is 5.38. The van der Waals surface area contributed by atoms with Gasteiger partial charge in [0.05, 0.1) is 18.0 Å². The number of phenols is 1. The number of halogens is 1. The topological polar surface area (TPSA) is 79.3 Å². The van der Waals surface area contributed by atoms with Crippen LogP contribution in [-0.4, -0.2) is 18.5 Å². The number of rotatable bonds is 6. The SMILES string of the molecule is O=S(=O)(Cc1ccc(Cl)cc1)NCc1nc(-c2ccc(O)cc2)cs1. The normalized spacial score (nSPS) is 11.6. The lowest BCUT2D eigenvalue weighted by atomic mass is 10.2. The third kappa shape index (κ3) is 5.02. The van der Waals surface area contributed by atoms with Crippen LogP contribution in [-0.2, 0) is 22.3 Å². The molecule has 0 amide bonds. The van der Waals surface area contributed by atoms with Gasteiger partial charge in [0.1, 0.15) is 10.8 Å². The highest BCUT2D eigenvalue weighted by atomic mass is 35.5. The van der Waals surface area contributed by atoms with Gasteiger partial charge in [0, 0.05) is 16.0 Å². The van der Waals surface area contributed by atoms with Gasteiger partial charge in [0.15, 0.2) is 0 Å². The molecule has 0 atom stereocenters. The van der Waals surface area contributed by atoms with Crippen molar-refractivity contribution in [1.29, 1.82) is 0 Å². The van der Waals surface area contributed by atoms with Crippen molar-refractivity contribution in [3.8, 4) is 17.0 Å². The second kappa shape index (κ2) is 7.53. The first-order valence-corrected chi connectivity index (χ1v) is 10.3. The molecule has 3 rings (SSSR count). The van der Waals surface area contributed by atoms with E-state index in [4.69, 9.17) is 11.6 Å². The Balaban J connectivity index is 1.63. The first-order valence-electron chi connectivity index (χ1n) is 7.37. The van der Waals surface area contributed by atoms with Crippen molar-refractivity contribution in [3.05, 3.63) is 69.5 Å². The van der Waals surface area contributed by atoms with Gasteiger partial charge >= 0.3 is 0 Å². The van der Waals surface area contributed by atoms with Gasteiger partial charge in [0.2, 0.25) is 10.0 Å². The van der Waals surface area contributed by atoms with Gasteiger partial charge in [-0.15, -0.1) is 11.3 Å². The molecule has 0 aliphatic carbocycles. The number of hydrogen-bond donors (Lipinski definition) is 2. The van der Waals surface area contributed by atoms with Crippen LogP contribution in [0.2, 0.25) is 5.02 Å². The zero-order valence-electron chi connectivity index (χ0n) is 13.0. The number of benzene rings is 2. The summed E-state index contributed by atoms with van der Waals surface area (Å²) in [5, 5.41) is 12.4. The Morgan fingerprint density at radius 3 is 2.44 bits per heavy atom. The number of sulfonamides is 1. The molecule has 0 unspecified atom stereocenters. The lowest BCUT2D eigenvalue weighted by Crippen LogP contribution is -2.24. The maximum absolute atomic E-state index is 12.2. The summed E-state index contributed by atoms with van der Waals surface area (Å²) in [5.74, 6) is 0.0783. The van der Waals surface area contributed by atoms with Crippen molar-refractivity contribution < 1.29 is 13.5 Å². The van der Waals surface area contributed by atoms with E-state index < -0.39 is 10.0 Å². The van der Waals surface area contributed by atoms with E-state index in [1.807, 2.05) is 5.38 Å². The Morgan fingerprint density at radius 1 is 1.08 bits per heavy atom. The number of hydrogen-bond acceptors (Lipinski definition) is 5. The van der Waals surface area contributed by atoms with Gasteiger partial charge in [-0.05, 0) is 42.0 Å². The molecule has 0 fully saturated rings. The molecule has 2 aromatic carbocycles. The highest BCUT2D eigenvalue weighted by Gasteiger charge is 2.13. The van der Waals surface area contributed by atoms with Gasteiger partial charge in [-0.2, -0.15) is 0 Å². The molecule has 5 nitrogen and oxygen atoms in total. The van der Waals surface area contributed by atoms with Crippen LogP contribution in [0.4, 0.5) is 0 Å². The second-order valence-corrected chi connectivity index (χ2v) is 8.57. The molecule has 0 radical (unpaired) electrons. The lowest BCUT2D eigenvalue weighted by molar-refractivity contribution is 0.475. The third-order valence-electron chi connectivity index (χ3n) is 3.43. The van der Waals surface area contributed by atoms with Crippen molar-refractivity contribution in [1.82, 2.24) is 9.71 Å². The summed E-state index contributed by atoms with van der Waals surface area (Å²) in [4.78, 5) is 4.42. The molecule has 0 spiro atoms. The van der Waals surface area contributed by atoms with Gasteiger partial charge in [-0.1, -0.05) is 23.7 Å². The molecule has 0 aliphatic heterocycles. The number of nitrogens with zero attached hydrogens (tertiary/aromatic N) is 1. The van der Waals surface area contributed by atoms with E-state index in [9.17, 15) is 13.5 Å². The maximum Gasteiger partial charge on any atom is 0.216 e. The Kier molecular flexibility index (Phi) is 5.39. The highest BCUT2D eigenvalue weighted by Crippen LogP contribution is 2.23. The zero-order chi connectivity index (χ0) is 17.9. The molecule has 1 aromatic heterocycles. The standard InChI is InChI=1S/C17H15ClN2O3S2/c18-14-5-1-12(2-6-14)11-25(22,23)19-9-17-20-16(10-24-17)13-3-7-15(21)8-4-13/h1-8,10,19,21H,9,11H2. The monoisotopic (exact) mass is 394 g/mol. The summed E-state index contributed by atoms with van der Waals surface area (Å²) in [7, 11) is -3.47. The van der Waals surface area contributed by atoms with Gasteiger partial charge in [0.25, 0.3) is 0 Å². The molecule has 8 heteroatoms. The molecule has 0 aliphatic rings. The number of aromatic nitrogens is 1. The van der Waals surface area contributed by atoms with Crippen LogP contribution < -0.4 is 4.72 Å². The van der Waals surface area contributed by atoms with Crippen molar-refractivity contribution in [2.75, 3.05) is 0 Å².